The van der Waals surface area contributed by atoms with Crippen molar-refractivity contribution < 1.29 is 9.21 Å². The molecule has 1 amide bonds. The van der Waals surface area contributed by atoms with Crippen LogP contribution in [0, 0.1) is 0 Å². The van der Waals surface area contributed by atoms with E-state index in [1.54, 1.807) is 6.07 Å². The van der Waals surface area contributed by atoms with Gasteiger partial charge in [0, 0.05) is 21.3 Å². The fourth-order valence-electron chi connectivity index (χ4n) is 4.37. The van der Waals surface area contributed by atoms with Crippen molar-refractivity contribution >= 4 is 66.7 Å². The Kier molecular flexibility index (Phi) is 6.45. The van der Waals surface area contributed by atoms with Crippen LogP contribution in [0.25, 0.3) is 44.5 Å². The average molecular weight is 578 g/mol. The van der Waals surface area contributed by atoms with E-state index in [1.807, 2.05) is 78.9 Å². The molecule has 1 heterocycles. The van der Waals surface area contributed by atoms with E-state index in [2.05, 4.69) is 55.8 Å². The highest BCUT2D eigenvalue weighted by atomic mass is 79.9. The standard InChI is InChI=1S/C31H20BrN3O2S/c32-26-11-5-8-23-24(26)9-4-10-25(23)29(36)35-31(38)33-22-16-17-28-27(18-22)34-30(37-28)21-14-12-20(13-15-21)19-6-2-1-3-7-19/h1-18H,(H2,33,35,36,38). The Labute approximate surface area is 232 Å². The molecule has 0 bridgehead atoms. The summed E-state index contributed by atoms with van der Waals surface area (Å²) in [6, 6.07) is 35.2. The molecule has 6 rings (SSSR count). The van der Waals surface area contributed by atoms with Gasteiger partial charge in [0.25, 0.3) is 5.91 Å². The number of carbonyl (C=O) groups is 1. The first-order valence-corrected chi connectivity index (χ1v) is 13.1. The summed E-state index contributed by atoms with van der Waals surface area (Å²) < 4.78 is 6.92. The molecular formula is C31H20BrN3O2S. The third-order valence-corrected chi connectivity index (χ3v) is 7.12. The summed E-state index contributed by atoms with van der Waals surface area (Å²) in [5.41, 5.74) is 5.76. The van der Waals surface area contributed by atoms with E-state index in [9.17, 15) is 4.79 Å². The first-order chi connectivity index (χ1) is 18.5. The van der Waals surface area contributed by atoms with Crippen molar-refractivity contribution in [3.8, 4) is 22.6 Å². The van der Waals surface area contributed by atoms with E-state index < -0.39 is 0 Å². The molecule has 1 aromatic heterocycles. The second-order valence-corrected chi connectivity index (χ2v) is 9.96. The second kappa shape index (κ2) is 10.2. The first-order valence-electron chi connectivity index (χ1n) is 11.9. The number of nitrogens with one attached hydrogen (secondary N) is 2. The summed E-state index contributed by atoms with van der Waals surface area (Å²) in [5, 5.41) is 7.85. The van der Waals surface area contributed by atoms with Crippen molar-refractivity contribution in [3.63, 3.8) is 0 Å². The molecule has 0 fully saturated rings. The normalized spacial score (nSPS) is 11.0. The molecule has 0 saturated heterocycles. The highest BCUT2D eigenvalue weighted by Gasteiger charge is 2.14. The number of fused-ring (bicyclic) bond motifs is 2. The van der Waals surface area contributed by atoms with Crippen molar-refractivity contribution in [1.29, 1.82) is 0 Å². The smallest absolute Gasteiger partial charge is 0.258 e. The van der Waals surface area contributed by atoms with E-state index in [0.717, 1.165) is 31.9 Å². The Morgan fingerprint density at radius 1 is 0.763 bits per heavy atom. The van der Waals surface area contributed by atoms with Crippen LogP contribution in [0.4, 0.5) is 5.69 Å². The third-order valence-electron chi connectivity index (χ3n) is 6.22. The van der Waals surface area contributed by atoms with E-state index in [0.29, 0.717) is 28.2 Å². The van der Waals surface area contributed by atoms with E-state index in [4.69, 9.17) is 16.6 Å². The Hall–Kier alpha value is -4.33. The van der Waals surface area contributed by atoms with Crippen LogP contribution < -0.4 is 10.6 Å². The molecule has 5 nitrogen and oxygen atoms in total. The zero-order chi connectivity index (χ0) is 26.1. The average Bonchev–Trinajstić information content (AvgIpc) is 3.37. The first kappa shape index (κ1) is 24.0. The molecule has 0 unspecified atom stereocenters. The highest BCUT2D eigenvalue weighted by Crippen LogP contribution is 2.29. The van der Waals surface area contributed by atoms with Crippen molar-refractivity contribution in [1.82, 2.24) is 10.3 Å². The number of rotatable bonds is 4. The van der Waals surface area contributed by atoms with Gasteiger partial charge in [0.1, 0.15) is 5.52 Å². The van der Waals surface area contributed by atoms with Gasteiger partial charge >= 0.3 is 0 Å². The highest BCUT2D eigenvalue weighted by molar-refractivity contribution is 9.10. The van der Waals surface area contributed by atoms with Gasteiger partial charge in [-0.3, -0.25) is 10.1 Å². The number of halogens is 1. The summed E-state index contributed by atoms with van der Waals surface area (Å²) in [4.78, 5) is 17.6. The minimum atomic E-state index is -0.282. The van der Waals surface area contributed by atoms with Crippen molar-refractivity contribution in [2.24, 2.45) is 0 Å². The summed E-state index contributed by atoms with van der Waals surface area (Å²) in [5.74, 6) is 0.254. The minimum absolute atomic E-state index is 0.196. The predicted octanol–water partition coefficient (Wildman–Crippen LogP) is 8.20. The number of nitrogens with zero attached hydrogens (tertiary/aromatic N) is 1. The van der Waals surface area contributed by atoms with Crippen LogP contribution in [0.1, 0.15) is 10.4 Å². The maximum atomic E-state index is 13.0. The van der Waals surface area contributed by atoms with Gasteiger partial charge in [-0.05, 0) is 76.6 Å². The van der Waals surface area contributed by atoms with Gasteiger partial charge in [0.2, 0.25) is 5.89 Å². The van der Waals surface area contributed by atoms with Gasteiger partial charge < -0.3 is 9.73 Å². The van der Waals surface area contributed by atoms with E-state index in [1.165, 1.54) is 0 Å². The quantitative estimate of drug-likeness (QED) is 0.207. The molecule has 0 aliphatic rings. The zero-order valence-electron chi connectivity index (χ0n) is 19.9. The van der Waals surface area contributed by atoms with Gasteiger partial charge in [0.05, 0.1) is 0 Å². The number of carbonyl (C=O) groups excluding carboxylic acids is 1. The van der Waals surface area contributed by atoms with E-state index in [-0.39, 0.29) is 11.0 Å². The molecule has 184 valence electrons. The van der Waals surface area contributed by atoms with Crippen LogP contribution in [0.2, 0.25) is 0 Å². The van der Waals surface area contributed by atoms with E-state index >= 15 is 0 Å². The number of aromatic nitrogens is 1. The summed E-state index contributed by atoms with van der Waals surface area (Å²) in [7, 11) is 0. The number of anilines is 1. The van der Waals surface area contributed by atoms with Crippen LogP contribution in [-0.4, -0.2) is 16.0 Å². The monoisotopic (exact) mass is 577 g/mol. The lowest BCUT2D eigenvalue weighted by atomic mass is 10.0. The number of oxazole rings is 1. The van der Waals surface area contributed by atoms with Gasteiger partial charge in [-0.25, -0.2) is 4.98 Å². The Morgan fingerprint density at radius 2 is 1.47 bits per heavy atom. The molecule has 2 N–H and O–H groups in total. The number of amides is 1. The largest absolute Gasteiger partial charge is 0.436 e. The molecule has 0 spiro atoms. The molecule has 0 saturated carbocycles. The second-order valence-electron chi connectivity index (χ2n) is 8.69. The maximum Gasteiger partial charge on any atom is 0.258 e. The Balaban J connectivity index is 1.17. The lowest BCUT2D eigenvalue weighted by Gasteiger charge is -2.11. The van der Waals surface area contributed by atoms with Crippen molar-refractivity contribution in [2.45, 2.75) is 0 Å². The van der Waals surface area contributed by atoms with Crippen LogP contribution in [0.3, 0.4) is 0 Å². The van der Waals surface area contributed by atoms with Crippen LogP contribution in [-0.2, 0) is 0 Å². The van der Waals surface area contributed by atoms with Crippen LogP contribution in [0.5, 0.6) is 0 Å². The number of hydrogen-bond acceptors (Lipinski definition) is 4. The summed E-state index contributed by atoms with van der Waals surface area (Å²) in [6.45, 7) is 0. The molecule has 0 aliphatic heterocycles. The molecule has 0 atom stereocenters. The lowest BCUT2D eigenvalue weighted by Crippen LogP contribution is -2.34. The van der Waals surface area contributed by atoms with Gasteiger partial charge in [-0.2, -0.15) is 0 Å². The van der Waals surface area contributed by atoms with Gasteiger partial charge in [-0.15, -0.1) is 0 Å². The third kappa shape index (κ3) is 4.81. The molecule has 0 radical (unpaired) electrons. The topological polar surface area (TPSA) is 67.2 Å². The molecular weight excluding hydrogens is 558 g/mol. The molecule has 0 aliphatic carbocycles. The van der Waals surface area contributed by atoms with Crippen LogP contribution in [0.15, 0.2) is 118 Å². The molecule has 38 heavy (non-hydrogen) atoms. The zero-order valence-corrected chi connectivity index (χ0v) is 22.3. The van der Waals surface area contributed by atoms with Gasteiger partial charge in [0.15, 0.2) is 10.7 Å². The summed E-state index contributed by atoms with van der Waals surface area (Å²) in [6.07, 6.45) is 0. The van der Waals surface area contributed by atoms with Crippen molar-refractivity contribution in [3.05, 3.63) is 119 Å². The SMILES string of the molecule is O=C(NC(=S)Nc1ccc2oc(-c3ccc(-c4ccccc4)cc3)nc2c1)c1cccc2c(Br)cccc12. The fourth-order valence-corrected chi connectivity index (χ4v) is 5.08. The number of thiocarbonyl (C=S) groups is 1. The predicted molar refractivity (Wildman–Crippen MR) is 160 cm³/mol. The molecule has 7 heteroatoms. The summed E-state index contributed by atoms with van der Waals surface area (Å²) >= 11 is 8.96. The minimum Gasteiger partial charge on any atom is -0.436 e. The maximum absolute atomic E-state index is 13.0. The van der Waals surface area contributed by atoms with Crippen LogP contribution >= 0.6 is 28.1 Å². The Bertz CT molecular complexity index is 1820. The Morgan fingerprint density at radius 3 is 2.29 bits per heavy atom. The van der Waals surface area contributed by atoms with Gasteiger partial charge in [-0.1, -0.05) is 82.7 Å². The molecule has 5 aromatic carbocycles. The fraction of sp³-hybridized carbons (Fsp3) is 0. The number of hydrogen-bond donors (Lipinski definition) is 2. The van der Waals surface area contributed by atoms with Crippen molar-refractivity contribution in [2.75, 3.05) is 5.32 Å². The number of benzene rings is 5. The molecule has 6 aromatic rings. The lowest BCUT2D eigenvalue weighted by molar-refractivity contribution is 0.0979.